The molecule has 7 nitrogen and oxygen atoms in total. The molecular weight excluding hydrogens is 560 g/mol. The highest BCUT2D eigenvalue weighted by molar-refractivity contribution is 7.93. The smallest absolute Gasteiger partial charge is 0.338 e. The number of fused-ring (bicyclic) bond motifs is 1. The molecule has 4 aromatic rings. The minimum Gasteiger partial charge on any atom is -0.512 e. The number of aromatic nitrogens is 1. The van der Waals surface area contributed by atoms with Gasteiger partial charge in [-0.15, -0.1) is 0 Å². The van der Waals surface area contributed by atoms with Gasteiger partial charge in [0, 0.05) is 29.6 Å². The summed E-state index contributed by atoms with van der Waals surface area (Å²) < 4.78 is 35.9. The maximum absolute atomic E-state index is 13.7. The van der Waals surface area contributed by atoms with E-state index in [9.17, 15) is 18.3 Å². The average molecular weight is 597 g/mol. The van der Waals surface area contributed by atoms with E-state index in [0.29, 0.717) is 29.6 Å². The quantitative estimate of drug-likeness (QED) is 0.174. The summed E-state index contributed by atoms with van der Waals surface area (Å²) >= 11 is 0. The molecule has 2 unspecified atom stereocenters. The summed E-state index contributed by atoms with van der Waals surface area (Å²) in [6.45, 7) is 2.06. The molecule has 2 heterocycles. The number of rotatable bonds is 11. The van der Waals surface area contributed by atoms with Gasteiger partial charge < -0.3 is 9.84 Å². The van der Waals surface area contributed by atoms with Gasteiger partial charge in [-0.2, -0.15) is 0 Å². The minimum absolute atomic E-state index is 0.0856. The summed E-state index contributed by atoms with van der Waals surface area (Å²) in [5.74, 6) is -0.607. The van der Waals surface area contributed by atoms with E-state index in [2.05, 4.69) is 28.8 Å². The van der Waals surface area contributed by atoms with Crippen molar-refractivity contribution >= 4 is 32.6 Å². The molecule has 0 bridgehead atoms. The van der Waals surface area contributed by atoms with Gasteiger partial charge in [0.15, 0.2) is 0 Å². The fraction of sp³-hybridized carbons (Fsp3) is 0.314. The van der Waals surface area contributed by atoms with Crippen LogP contribution in [-0.4, -0.2) is 30.1 Å². The normalized spacial score (nSPS) is 19.7. The highest BCUT2D eigenvalue weighted by atomic mass is 32.2. The largest absolute Gasteiger partial charge is 0.512 e. The molecular formula is C35H36N2O5S. The van der Waals surface area contributed by atoms with Crippen LogP contribution >= 0.6 is 0 Å². The van der Waals surface area contributed by atoms with E-state index >= 15 is 0 Å². The van der Waals surface area contributed by atoms with Crippen molar-refractivity contribution in [3.05, 3.63) is 114 Å². The van der Waals surface area contributed by atoms with Crippen LogP contribution in [0.2, 0.25) is 0 Å². The van der Waals surface area contributed by atoms with Gasteiger partial charge >= 0.3 is 5.97 Å². The lowest BCUT2D eigenvalue weighted by molar-refractivity contribution is -0.161. The molecule has 0 spiro atoms. The third-order valence-electron chi connectivity index (χ3n) is 8.53. The van der Waals surface area contributed by atoms with Crippen LogP contribution in [0.15, 0.2) is 107 Å². The number of para-hydroxylation sites is 1. The molecule has 0 radical (unpaired) electrons. The zero-order valence-corrected chi connectivity index (χ0v) is 25.0. The molecule has 43 heavy (non-hydrogen) atoms. The predicted octanol–water partition coefficient (Wildman–Crippen LogP) is 7.46. The summed E-state index contributed by atoms with van der Waals surface area (Å²) in [5, 5.41) is 12.2. The van der Waals surface area contributed by atoms with Crippen molar-refractivity contribution in [3.8, 4) is 0 Å². The topological polar surface area (TPSA) is 106 Å². The van der Waals surface area contributed by atoms with E-state index in [-0.39, 0.29) is 28.9 Å². The van der Waals surface area contributed by atoms with E-state index in [1.165, 1.54) is 6.07 Å². The van der Waals surface area contributed by atoms with Crippen molar-refractivity contribution in [2.45, 2.75) is 68.3 Å². The minimum atomic E-state index is -3.95. The molecule has 0 amide bonds. The molecule has 1 aromatic heterocycles. The summed E-state index contributed by atoms with van der Waals surface area (Å²) in [6, 6.07) is 25.8. The van der Waals surface area contributed by atoms with Crippen LogP contribution in [0.4, 0.5) is 5.69 Å². The molecule has 1 aliphatic carbocycles. The van der Waals surface area contributed by atoms with Gasteiger partial charge in [-0.05, 0) is 73.4 Å². The van der Waals surface area contributed by atoms with Gasteiger partial charge in [0.05, 0.1) is 11.1 Å². The molecule has 222 valence electrons. The fourth-order valence-electron chi connectivity index (χ4n) is 6.39. The van der Waals surface area contributed by atoms with Crippen LogP contribution < -0.4 is 4.72 Å². The van der Waals surface area contributed by atoms with Gasteiger partial charge in [0.1, 0.15) is 16.3 Å². The number of sulfonamides is 1. The molecule has 1 aliphatic heterocycles. The van der Waals surface area contributed by atoms with Gasteiger partial charge in [-0.1, -0.05) is 74.0 Å². The highest BCUT2D eigenvalue weighted by Gasteiger charge is 2.47. The number of carbonyl (C=O) groups excluding carboxylic acids is 1. The fourth-order valence-corrected chi connectivity index (χ4v) is 7.62. The highest BCUT2D eigenvalue weighted by Crippen LogP contribution is 2.50. The molecule has 6 rings (SSSR count). The molecule has 0 saturated heterocycles. The first kappa shape index (κ1) is 28.9. The Kier molecular flexibility index (Phi) is 7.97. The monoisotopic (exact) mass is 596 g/mol. The van der Waals surface area contributed by atoms with Crippen molar-refractivity contribution in [1.29, 1.82) is 0 Å². The number of aryl methyl sites for hydroxylation is 1. The van der Waals surface area contributed by atoms with E-state index < -0.39 is 21.6 Å². The van der Waals surface area contributed by atoms with E-state index in [1.54, 1.807) is 36.5 Å². The molecule has 2 atom stereocenters. The standard InChI is InChI=1S/C35H36N2O5S/c1-2-19-35(20-18-24-9-4-3-5-10-24)23-29(38)32(34(39)42-35)31(25-16-17-25)27-12-6-14-28(22-27)37-43(40,41)30-15-7-11-26-13-8-21-36-33(26)30/h3-15,21-22,25,31,37-38H,2,16-20,23H2,1H3. The molecule has 8 heteroatoms. The molecule has 2 aliphatic rings. The van der Waals surface area contributed by atoms with E-state index in [0.717, 1.165) is 42.2 Å². The summed E-state index contributed by atoms with van der Waals surface area (Å²) in [6.07, 6.45) is 6.55. The number of cyclic esters (lactones) is 1. The molecule has 3 aromatic carbocycles. The van der Waals surface area contributed by atoms with E-state index in [4.69, 9.17) is 4.74 Å². The zero-order chi connectivity index (χ0) is 30.0. The van der Waals surface area contributed by atoms with Crippen LogP contribution in [0.1, 0.15) is 62.5 Å². The van der Waals surface area contributed by atoms with Crippen molar-refractivity contribution in [1.82, 2.24) is 4.98 Å². The zero-order valence-electron chi connectivity index (χ0n) is 24.2. The lowest BCUT2D eigenvalue weighted by Crippen LogP contribution is -2.42. The second kappa shape index (κ2) is 11.8. The second-order valence-corrected chi connectivity index (χ2v) is 13.4. The number of pyridine rings is 1. The lowest BCUT2D eigenvalue weighted by atomic mass is 9.79. The summed E-state index contributed by atoms with van der Waals surface area (Å²) in [5.41, 5.74) is 2.25. The van der Waals surface area contributed by atoms with Crippen molar-refractivity contribution in [2.24, 2.45) is 5.92 Å². The SMILES string of the molecule is CCCC1(CCc2ccccc2)CC(O)=C(C(c2cccc(NS(=O)(=O)c3cccc4cccnc34)c2)C2CC2)C(=O)O1. The Morgan fingerprint density at radius 1 is 1.00 bits per heavy atom. The molecule has 2 N–H and O–H groups in total. The van der Waals surface area contributed by atoms with Gasteiger partial charge in [-0.25, -0.2) is 13.2 Å². The first-order valence-electron chi connectivity index (χ1n) is 14.9. The number of esters is 1. The number of carbonyl (C=O) groups is 1. The Morgan fingerprint density at radius 2 is 1.77 bits per heavy atom. The van der Waals surface area contributed by atoms with Gasteiger partial charge in [0.2, 0.25) is 0 Å². The van der Waals surface area contributed by atoms with Gasteiger partial charge in [0.25, 0.3) is 10.0 Å². The Labute approximate surface area is 252 Å². The number of aliphatic hydroxyl groups is 1. The number of ether oxygens (including phenoxy) is 1. The Bertz CT molecular complexity index is 1780. The van der Waals surface area contributed by atoms with Crippen LogP contribution in [0.5, 0.6) is 0 Å². The Balaban J connectivity index is 1.29. The number of nitrogens with one attached hydrogen (secondary N) is 1. The maximum Gasteiger partial charge on any atom is 0.338 e. The summed E-state index contributed by atoms with van der Waals surface area (Å²) in [4.78, 5) is 18.1. The molecule has 1 fully saturated rings. The van der Waals surface area contributed by atoms with Crippen LogP contribution in [0, 0.1) is 5.92 Å². The average Bonchev–Trinajstić information content (AvgIpc) is 3.84. The third-order valence-corrected chi connectivity index (χ3v) is 9.95. The predicted molar refractivity (Wildman–Crippen MR) is 167 cm³/mol. The van der Waals surface area contributed by atoms with Gasteiger partial charge in [-0.3, -0.25) is 9.71 Å². The van der Waals surface area contributed by atoms with Crippen molar-refractivity contribution in [3.63, 3.8) is 0 Å². The van der Waals surface area contributed by atoms with Crippen LogP contribution in [-0.2, 0) is 26.0 Å². The number of hydrogen-bond acceptors (Lipinski definition) is 6. The first-order valence-corrected chi connectivity index (χ1v) is 16.4. The van der Waals surface area contributed by atoms with Crippen molar-refractivity contribution in [2.75, 3.05) is 4.72 Å². The van der Waals surface area contributed by atoms with Crippen LogP contribution in [0.3, 0.4) is 0 Å². The number of anilines is 1. The Hall–Kier alpha value is -4.17. The number of aliphatic hydroxyl groups excluding tert-OH is 1. The van der Waals surface area contributed by atoms with E-state index in [1.807, 2.05) is 36.4 Å². The number of hydrogen-bond donors (Lipinski definition) is 2. The third kappa shape index (κ3) is 6.15. The maximum atomic E-state index is 13.7. The number of nitrogens with zero attached hydrogens (tertiary/aromatic N) is 1. The Morgan fingerprint density at radius 3 is 2.51 bits per heavy atom. The number of benzene rings is 3. The second-order valence-electron chi connectivity index (χ2n) is 11.7. The lowest BCUT2D eigenvalue weighted by Gasteiger charge is -2.39. The first-order chi connectivity index (χ1) is 20.8. The molecule has 1 saturated carbocycles. The van der Waals surface area contributed by atoms with Crippen LogP contribution in [0.25, 0.3) is 10.9 Å². The summed E-state index contributed by atoms with van der Waals surface area (Å²) in [7, 11) is -3.95. The van der Waals surface area contributed by atoms with Crippen molar-refractivity contribution < 1.29 is 23.1 Å².